The molecule has 0 aliphatic rings. The molecule has 0 spiro atoms. The number of carboxylic acids is 2. The first-order chi connectivity index (χ1) is 7.84. The van der Waals surface area contributed by atoms with Gasteiger partial charge in [-0.1, -0.05) is 0 Å². The van der Waals surface area contributed by atoms with Crippen LogP contribution < -0.4 is 11.5 Å². The average Bonchev–Trinajstić information content (AvgIpc) is 2.26. The molecule has 8 nitrogen and oxygen atoms in total. The van der Waals surface area contributed by atoms with Crippen molar-refractivity contribution in [3.8, 4) is 0 Å². The molecule has 0 aromatic rings. The normalized spacial score (nSPS) is 10.8. The summed E-state index contributed by atoms with van der Waals surface area (Å²) in [5.41, 5.74) is 9.89. The molecule has 0 aromatic carbocycles. The third kappa shape index (κ3) is 14.3. The molecule has 6 N–H and O–H groups in total. The van der Waals surface area contributed by atoms with E-state index >= 15 is 0 Å². The van der Waals surface area contributed by atoms with Gasteiger partial charge in [0.25, 0.3) is 0 Å². The lowest BCUT2D eigenvalue weighted by Gasteiger charge is -2.01. The first kappa shape index (κ1) is 17.7. The van der Waals surface area contributed by atoms with E-state index in [1.165, 1.54) is 0 Å². The summed E-state index contributed by atoms with van der Waals surface area (Å²) in [6, 6.07) is -1.06. The number of hydrogen-bond acceptors (Lipinski definition) is 6. The van der Waals surface area contributed by atoms with E-state index < -0.39 is 18.0 Å². The van der Waals surface area contributed by atoms with Gasteiger partial charge in [-0.25, -0.2) is 0 Å². The second-order valence-electron chi connectivity index (χ2n) is 2.89. The quantitative estimate of drug-likeness (QED) is 0.427. The second kappa shape index (κ2) is 10.8. The molecule has 0 radical (unpaired) electrons. The van der Waals surface area contributed by atoms with Crippen LogP contribution in [0, 0.1) is 0 Å². The first-order valence-corrected chi connectivity index (χ1v) is 4.91. The van der Waals surface area contributed by atoms with E-state index in [1.807, 2.05) is 0 Å². The van der Waals surface area contributed by atoms with Gasteiger partial charge in [-0.2, -0.15) is 0 Å². The molecular weight excluding hydrogens is 232 g/mol. The summed E-state index contributed by atoms with van der Waals surface area (Å²) in [5, 5.41) is 16.3. The Balaban J connectivity index is 0. The van der Waals surface area contributed by atoms with Gasteiger partial charge < -0.3 is 26.4 Å². The number of carbonyl (C=O) groups is 3. The number of esters is 1. The van der Waals surface area contributed by atoms with Crippen LogP contribution in [-0.2, 0) is 19.1 Å². The summed E-state index contributed by atoms with van der Waals surface area (Å²) in [5.74, 6) is -2.54. The lowest BCUT2D eigenvalue weighted by Crippen LogP contribution is -2.30. The fraction of sp³-hybridized carbons (Fsp3) is 0.667. The minimum absolute atomic E-state index is 0.0200. The molecule has 0 saturated heterocycles. The number of hydrogen-bond donors (Lipinski definition) is 4. The number of rotatable bonds is 6. The summed E-state index contributed by atoms with van der Waals surface area (Å²) in [6.45, 7) is 2.14. The standard InChI is InChI=1S/C5H9NO4.C4H9NO2/c6-3(5(9)10)1-2-4(7)8;1-2-7-4(6)3-5/h3H,1-2,6H2,(H,7,8)(H,9,10);2-3,5H2,1H3/t3-;/m0./s1. The van der Waals surface area contributed by atoms with Gasteiger partial charge >= 0.3 is 17.9 Å². The van der Waals surface area contributed by atoms with Crippen molar-refractivity contribution in [2.24, 2.45) is 11.5 Å². The molecule has 0 unspecified atom stereocenters. The van der Waals surface area contributed by atoms with Crippen LogP contribution in [0.15, 0.2) is 0 Å². The Hall–Kier alpha value is -1.67. The molecule has 0 heterocycles. The van der Waals surface area contributed by atoms with E-state index in [4.69, 9.17) is 21.7 Å². The Morgan fingerprint density at radius 3 is 2.06 bits per heavy atom. The van der Waals surface area contributed by atoms with Gasteiger partial charge in [0.05, 0.1) is 13.2 Å². The zero-order chi connectivity index (χ0) is 13.8. The van der Waals surface area contributed by atoms with Crippen LogP contribution in [0.1, 0.15) is 19.8 Å². The summed E-state index contributed by atoms with van der Waals surface area (Å²) in [7, 11) is 0. The highest BCUT2D eigenvalue weighted by atomic mass is 16.5. The second-order valence-corrected chi connectivity index (χ2v) is 2.89. The van der Waals surface area contributed by atoms with Gasteiger partial charge in [0, 0.05) is 6.42 Å². The van der Waals surface area contributed by atoms with Crippen LogP contribution in [-0.4, -0.2) is 47.3 Å². The van der Waals surface area contributed by atoms with E-state index in [9.17, 15) is 14.4 Å². The Morgan fingerprint density at radius 1 is 1.29 bits per heavy atom. The van der Waals surface area contributed by atoms with Crippen molar-refractivity contribution < 1.29 is 29.3 Å². The van der Waals surface area contributed by atoms with Crippen LogP contribution in [0.2, 0.25) is 0 Å². The molecule has 0 aliphatic carbocycles. The highest BCUT2D eigenvalue weighted by Crippen LogP contribution is 1.93. The van der Waals surface area contributed by atoms with Crippen molar-refractivity contribution >= 4 is 17.9 Å². The van der Waals surface area contributed by atoms with Gasteiger partial charge in [0.2, 0.25) is 0 Å². The Labute approximate surface area is 98.5 Å². The van der Waals surface area contributed by atoms with Crippen LogP contribution in [0.3, 0.4) is 0 Å². The molecule has 0 bridgehead atoms. The zero-order valence-corrected chi connectivity index (χ0v) is 9.59. The van der Waals surface area contributed by atoms with Crippen molar-refractivity contribution in [2.45, 2.75) is 25.8 Å². The smallest absolute Gasteiger partial charge is 0.320 e. The molecule has 8 heteroatoms. The van der Waals surface area contributed by atoms with E-state index in [-0.39, 0.29) is 25.4 Å². The molecule has 0 saturated carbocycles. The summed E-state index contributed by atoms with van der Waals surface area (Å²) < 4.78 is 4.43. The minimum atomic E-state index is -1.17. The number of carbonyl (C=O) groups excluding carboxylic acids is 1. The maximum atomic E-state index is 10.1. The van der Waals surface area contributed by atoms with Crippen molar-refractivity contribution in [3.05, 3.63) is 0 Å². The maximum absolute atomic E-state index is 10.1. The Morgan fingerprint density at radius 2 is 1.82 bits per heavy atom. The molecule has 0 amide bonds. The van der Waals surface area contributed by atoms with Crippen molar-refractivity contribution in [1.82, 2.24) is 0 Å². The van der Waals surface area contributed by atoms with Gasteiger partial charge in [-0.05, 0) is 13.3 Å². The average molecular weight is 250 g/mol. The molecule has 0 aliphatic heterocycles. The van der Waals surface area contributed by atoms with E-state index in [0.717, 1.165) is 0 Å². The maximum Gasteiger partial charge on any atom is 0.320 e. The minimum Gasteiger partial charge on any atom is -0.481 e. The van der Waals surface area contributed by atoms with E-state index in [2.05, 4.69) is 4.74 Å². The van der Waals surface area contributed by atoms with Gasteiger partial charge in [0.15, 0.2) is 0 Å². The third-order valence-electron chi connectivity index (χ3n) is 1.46. The monoisotopic (exact) mass is 250 g/mol. The SMILES string of the molecule is CCOC(=O)CN.N[C@@H](CCC(=O)O)C(=O)O. The number of carboxylic acid groups (broad SMARTS) is 2. The molecule has 1 atom stereocenters. The zero-order valence-electron chi connectivity index (χ0n) is 9.59. The molecule has 100 valence electrons. The third-order valence-corrected chi connectivity index (χ3v) is 1.46. The van der Waals surface area contributed by atoms with Gasteiger partial charge in [0.1, 0.15) is 6.04 Å². The number of aliphatic carboxylic acids is 2. The predicted molar refractivity (Wildman–Crippen MR) is 58.2 cm³/mol. The Bertz CT molecular complexity index is 256. The van der Waals surface area contributed by atoms with E-state index in [0.29, 0.717) is 6.61 Å². The molecule has 0 aromatic heterocycles. The fourth-order valence-electron chi connectivity index (χ4n) is 0.622. The molecular formula is C9H18N2O6. The molecule has 17 heavy (non-hydrogen) atoms. The highest BCUT2D eigenvalue weighted by molar-refractivity contribution is 5.74. The first-order valence-electron chi connectivity index (χ1n) is 4.91. The van der Waals surface area contributed by atoms with E-state index in [1.54, 1.807) is 6.92 Å². The van der Waals surface area contributed by atoms with Crippen molar-refractivity contribution in [1.29, 1.82) is 0 Å². The lowest BCUT2D eigenvalue weighted by molar-refractivity contribution is -0.142. The summed E-state index contributed by atoms with van der Waals surface area (Å²) >= 11 is 0. The highest BCUT2D eigenvalue weighted by Gasteiger charge is 2.12. The predicted octanol–water partition coefficient (Wildman–Crippen LogP) is -1.23. The largest absolute Gasteiger partial charge is 0.481 e. The summed E-state index contributed by atoms with van der Waals surface area (Å²) in [6.07, 6.45) is -0.224. The van der Waals surface area contributed by atoms with Gasteiger partial charge in [-0.3, -0.25) is 14.4 Å². The summed E-state index contributed by atoms with van der Waals surface area (Å²) in [4.78, 5) is 29.9. The topological polar surface area (TPSA) is 153 Å². The van der Waals surface area contributed by atoms with Crippen LogP contribution in [0.25, 0.3) is 0 Å². The fourth-order valence-corrected chi connectivity index (χ4v) is 0.622. The van der Waals surface area contributed by atoms with Crippen molar-refractivity contribution in [2.75, 3.05) is 13.2 Å². The van der Waals surface area contributed by atoms with Crippen LogP contribution in [0.5, 0.6) is 0 Å². The van der Waals surface area contributed by atoms with Crippen LogP contribution >= 0.6 is 0 Å². The van der Waals surface area contributed by atoms with Gasteiger partial charge in [-0.15, -0.1) is 0 Å². The number of nitrogens with two attached hydrogens (primary N) is 2. The Kier molecular flexibility index (Phi) is 11.3. The van der Waals surface area contributed by atoms with Crippen molar-refractivity contribution in [3.63, 3.8) is 0 Å². The molecule has 0 rings (SSSR count). The number of ether oxygens (including phenoxy) is 1. The lowest BCUT2D eigenvalue weighted by atomic mass is 10.2. The molecule has 0 fully saturated rings. The van der Waals surface area contributed by atoms with Crippen LogP contribution in [0.4, 0.5) is 0 Å².